The lowest BCUT2D eigenvalue weighted by Gasteiger charge is -2.34. The number of hydrogen-bond acceptors (Lipinski definition) is 1. The van der Waals surface area contributed by atoms with Crippen LogP contribution in [0.2, 0.25) is 0 Å². The molecule has 4 saturated carbocycles. The van der Waals surface area contributed by atoms with Crippen LogP contribution in [-0.4, -0.2) is 5.78 Å². The van der Waals surface area contributed by atoms with E-state index in [1.165, 1.54) is 119 Å². The number of Topliss-reactive ketones (excluding diaryl/α,β-unsaturated/α-hetero) is 1. The van der Waals surface area contributed by atoms with Gasteiger partial charge in [0.1, 0.15) is 5.78 Å². The van der Waals surface area contributed by atoms with E-state index in [0.29, 0.717) is 16.6 Å². The fourth-order valence-electron chi connectivity index (χ4n) is 6.53. The third-order valence-electron chi connectivity index (χ3n) is 8.10. The highest BCUT2D eigenvalue weighted by Gasteiger charge is 2.27. The van der Waals surface area contributed by atoms with Crippen LogP contribution in [0.25, 0.3) is 0 Å². The molecule has 0 aliphatic heterocycles. The van der Waals surface area contributed by atoms with Crippen molar-refractivity contribution in [3.05, 3.63) is 36.5 Å². The highest BCUT2D eigenvalue weighted by molar-refractivity contribution is 5.78. The Hall–Kier alpha value is -1.11. The molecule has 4 fully saturated rings. The van der Waals surface area contributed by atoms with Crippen molar-refractivity contribution in [3.63, 3.8) is 0 Å². The van der Waals surface area contributed by atoms with Crippen molar-refractivity contribution in [1.82, 2.24) is 0 Å². The monoisotopic (exact) mass is 498 g/mol. The SMILES string of the molecule is C=C1CC(C)CC(C)(C)C1.C=C1CCCC(C)(C)C1.C=C1CCCCCC1.O=C1CCCCCCC1. The Morgan fingerprint density at radius 2 is 1.03 bits per heavy atom. The summed E-state index contributed by atoms with van der Waals surface area (Å²) in [4.78, 5) is 10.8. The van der Waals surface area contributed by atoms with E-state index in [1.807, 2.05) is 0 Å². The molecule has 0 amide bonds. The first kappa shape index (κ1) is 32.9. The van der Waals surface area contributed by atoms with E-state index in [-0.39, 0.29) is 0 Å². The number of carbonyl (C=O) groups is 1. The van der Waals surface area contributed by atoms with Crippen LogP contribution in [0.15, 0.2) is 36.5 Å². The highest BCUT2D eigenvalue weighted by Crippen LogP contribution is 2.40. The van der Waals surface area contributed by atoms with Gasteiger partial charge in [-0.3, -0.25) is 4.79 Å². The van der Waals surface area contributed by atoms with Crippen molar-refractivity contribution in [3.8, 4) is 0 Å². The fraction of sp³-hybridized carbons (Fsp3) is 0.800. The quantitative estimate of drug-likeness (QED) is 0.240. The average molecular weight is 499 g/mol. The van der Waals surface area contributed by atoms with Crippen LogP contribution < -0.4 is 0 Å². The van der Waals surface area contributed by atoms with Gasteiger partial charge in [-0.05, 0) is 100 Å². The third kappa shape index (κ3) is 17.4. The third-order valence-corrected chi connectivity index (χ3v) is 8.10. The highest BCUT2D eigenvalue weighted by atomic mass is 16.1. The number of rotatable bonds is 0. The van der Waals surface area contributed by atoms with Crippen molar-refractivity contribution in [1.29, 1.82) is 0 Å². The van der Waals surface area contributed by atoms with Crippen molar-refractivity contribution < 1.29 is 4.79 Å². The predicted molar refractivity (Wildman–Crippen MR) is 161 cm³/mol. The number of ketones is 1. The second kappa shape index (κ2) is 17.4. The molecule has 1 atom stereocenters. The minimum absolute atomic E-state index is 0.481. The molecule has 0 aromatic heterocycles. The maximum Gasteiger partial charge on any atom is 0.132 e. The van der Waals surface area contributed by atoms with Gasteiger partial charge in [0.05, 0.1) is 0 Å². The predicted octanol–water partition coefficient (Wildman–Crippen LogP) is 11.7. The van der Waals surface area contributed by atoms with Crippen LogP contribution in [0.5, 0.6) is 0 Å². The smallest absolute Gasteiger partial charge is 0.132 e. The molecule has 1 unspecified atom stereocenters. The molecule has 0 N–H and O–H groups in total. The van der Waals surface area contributed by atoms with Crippen LogP contribution >= 0.6 is 0 Å². The fourth-order valence-corrected chi connectivity index (χ4v) is 6.53. The largest absolute Gasteiger partial charge is 0.300 e. The van der Waals surface area contributed by atoms with E-state index in [4.69, 9.17) is 0 Å². The summed E-state index contributed by atoms with van der Waals surface area (Å²) < 4.78 is 0. The van der Waals surface area contributed by atoms with Gasteiger partial charge in [-0.25, -0.2) is 0 Å². The maximum atomic E-state index is 10.8. The van der Waals surface area contributed by atoms with Gasteiger partial charge in [0.25, 0.3) is 0 Å². The van der Waals surface area contributed by atoms with Gasteiger partial charge in [0.2, 0.25) is 0 Å². The summed E-state index contributed by atoms with van der Waals surface area (Å²) in [5, 5.41) is 0. The zero-order chi connectivity index (χ0) is 27.0. The molecule has 1 heteroatoms. The molecule has 0 heterocycles. The van der Waals surface area contributed by atoms with E-state index >= 15 is 0 Å². The molecule has 4 aliphatic rings. The minimum atomic E-state index is 0.481. The molecule has 0 aromatic rings. The Bertz CT molecular complexity index is 657. The molecule has 4 rings (SSSR count). The standard InChI is InChI=1S/C10H18.C9H16.C8H14O.C8H14/c1-8-5-9(2)7-10(3,4)6-8;1-8-5-4-6-9(2,3)7-8;9-8-6-4-2-1-3-5-7-8;1-8-6-4-2-3-5-7-8/h9H,1,5-7H2,2-4H3;1,4-7H2,2-3H3;1-7H2;1-7H2. The summed E-state index contributed by atoms with van der Waals surface area (Å²) in [5.74, 6) is 1.34. The summed E-state index contributed by atoms with van der Waals surface area (Å²) >= 11 is 0. The summed E-state index contributed by atoms with van der Waals surface area (Å²) in [6.45, 7) is 23.7. The Morgan fingerprint density at radius 3 is 1.44 bits per heavy atom. The lowest BCUT2D eigenvalue weighted by molar-refractivity contribution is -0.119. The minimum Gasteiger partial charge on any atom is -0.300 e. The second-order valence-electron chi connectivity index (χ2n) is 14.0. The zero-order valence-electron chi connectivity index (χ0n) is 25.2. The zero-order valence-corrected chi connectivity index (χ0v) is 25.2. The maximum absolute atomic E-state index is 10.8. The van der Waals surface area contributed by atoms with Crippen molar-refractivity contribution in [2.24, 2.45) is 16.7 Å². The van der Waals surface area contributed by atoms with Gasteiger partial charge < -0.3 is 0 Å². The van der Waals surface area contributed by atoms with Gasteiger partial charge in [-0.2, -0.15) is 0 Å². The van der Waals surface area contributed by atoms with Gasteiger partial charge in [0.15, 0.2) is 0 Å². The Labute approximate surface area is 226 Å². The van der Waals surface area contributed by atoms with Crippen molar-refractivity contribution in [2.45, 2.75) is 163 Å². The normalized spacial score (nSPS) is 26.3. The molecule has 36 heavy (non-hydrogen) atoms. The van der Waals surface area contributed by atoms with E-state index in [2.05, 4.69) is 54.4 Å². The lowest BCUT2D eigenvalue weighted by atomic mass is 9.71. The number of carbonyl (C=O) groups excluding carboxylic acids is 1. The van der Waals surface area contributed by atoms with Crippen molar-refractivity contribution in [2.75, 3.05) is 0 Å². The molecule has 208 valence electrons. The Balaban J connectivity index is 0.000000241. The number of hydrogen-bond donors (Lipinski definition) is 0. The first-order chi connectivity index (χ1) is 16.9. The molecule has 0 spiro atoms. The van der Waals surface area contributed by atoms with Crippen LogP contribution in [-0.2, 0) is 4.79 Å². The molecule has 4 aliphatic carbocycles. The van der Waals surface area contributed by atoms with Gasteiger partial charge in [0, 0.05) is 12.8 Å². The Kier molecular flexibility index (Phi) is 15.9. The van der Waals surface area contributed by atoms with E-state index in [0.717, 1.165) is 31.6 Å². The first-order valence-electron chi connectivity index (χ1n) is 15.4. The van der Waals surface area contributed by atoms with E-state index < -0.39 is 0 Å². The lowest BCUT2D eigenvalue weighted by Crippen LogP contribution is -2.22. The molecule has 0 aromatic carbocycles. The van der Waals surface area contributed by atoms with E-state index in [1.54, 1.807) is 0 Å². The summed E-state index contributed by atoms with van der Waals surface area (Å²) in [5.41, 5.74) is 5.45. The summed E-state index contributed by atoms with van der Waals surface area (Å²) in [6, 6.07) is 0. The van der Waals surface area contributed by atoms with Crippen molar-refractivity contribution >= 4 is 5.78 Å². The summed E-state index contributed by atoms with van der Waals surface area (Å²) in [6.07, 6.45) is 25.2. The molecule has 1 nitrogen and oxygen atoms in total. The first-order valence-corrected chi connectivity index (χ1v) is 15.4. The number of allylic oxidation sites excluding steroid dienone is 3. The van der Waals surface area contributed by atoms with Gasteiger partial charge >= 0.3 is 0 Å². The van der Waals surface area contributed by atoms with Crippen LogP contribution in [0.4, 0.5) is 0 Å². The second-order valence-corrected chi connectivity index (χ2v) is 14.0. The van der Waals surface area contributed by atoms with Crippen LogP contribution in [0.3, 0.4) is 0 Å². The molecule has 0 radical (unpaired) electrons. The van der Waals surface area contributed by atoms with Gasteiger partial charge in [-0.15, -0.1) is 0 Å². The Morgan fingerprint density at radius 1 is 0.583 bits per heavy atom. The average Bonchev–Trinajstić information content (AvgIpc) is 2.97. The van der Waals surface area contributed by atoms with Gasteiger partial charge in [-0.1, -0.05) is 103 Å². The van der Waals surface area contributed by atoms with Crippen LogP contribution in [0.1, 0.15) is 163 Å². The molecule has 0 saturated heterocycles. The molecular formula is C35H62O. The topological polar surface area (TPSA) is 17.1 Å². The molecule has 0 bridgehead atoms. The van der Waals surface area contributed by atoms with E-state index in [9.17, 15) is 4.79 Å². The van der Waals surface area contributed by atoms with Crippen LogP contribution in [0, 0.1) is 16.7 Å². The summed E-state index contributed by atoms with van der Waals surface area (Å²) in [7, 11) is 0. The molecular weight excluding hydrogens is 436 g/mol.